The van der Waals surface area contributed by atoms with Crippen LogP contribution in [-0.2, 0) is 19.4 Å². The quantitative estimate of drug-likeness (QED) is 0.673. The fraction of sp³-hybridized carbons (Fsp3) is 0.250. The molecule has 128 valence electrons. The van der Waals surface area contributed by atoms with Gasteiger partial charge in [-0.2, -0.15) is 0 Å². The van der Waals surface area contributed by atoms with Crippen LogP contribution in [0.5, 0.6) is 0 Å². The lowest BCUT2D eigenvalue weighted by Crippen LogP contribution is -2.05. The third-order valence-corrected chi connectivity index (χ3v) is 4.10. The third kappa shape index (κ3) is 4.32. The first kappa shape index (κ1) is 16.9. The highest BCUT2D eigenvalue weighted by atomic mass is 15.1. The van der Waals surface area contributed by atoms with Crippen molar-refractivity contribution in [3.8, 4) is 0 Å². The van der Waals surface area contributed by atoms with Crippen molar-refractivity contribution in [1.29, 1.82) is 0 Å². The Bertz CT molecular complexity index is 795. The number of aromatic nitrogens is 3. The summed E-state index contributed by atoms with van der Waals surface area (Å²) in [5.41, 5.74) is 4.71. The van der Waals surface area contributed by atoms with Gasteiger partial charge < -0.3 is 10.6 Å². The maximum atomic E-state index is 4.36. The molecule has 2 aromatic heterocycles. The van der Waals surface area contributed by atoms with Gasteiger partial charge in [0, 0.05) is 18.0 Å². The molecule has 0 saturated heterocycles. The van der Waals surface area contributed by atoms with Crippen LogP contribution in [0.15, 0.2) is 55.0 Å². The van der Waals surface area contributed by atoms with Crippen molar-refractivity contribution in [2.24, 2.45) is 0 Å². The van der Waals surface area contributed by atoms with Crippen LogP contribution < -0.4 is 10.6 Å². The lowest BCUT2D eigenvalue weighted by molar-refractivity contribution is 1.02. The minimum atomic E-state index is 0.628. The Labute approximate surface area is 148 Å². The molecule has 3 aromatic rings. The molecule has 2 heterocycles. The van der Waals surface area contributed by atoms with Gasteiger partial charge in [0.2, 0.25) is 0 Å². The van der Waals surface area contributed by atoms with Crippen molar-refractivity contribution in [2.75, 3.05) is 10.6 Å². The van der Waals surface area contributed by atoms with E-state index in [0.717, 1.165) is 35.9 Å². The standard InChI is InChI=1S/C20H23N5/c1-3-15-8-7-9-16(4-2)20(15)25-19-12-18(23-14-24-19)22-13-17-10-5-6-11-21-17/h5-12,14H,3-4,13H2,1-2H3,(H2,22,23,24,25). The number of nitrogens with zero attached hydrogens (tertiary/aromatic N) is 3. The largest absolute Gasteiger partial charge is 0.364 e. The summed E-state index contributed by atoms with van der Waals surface area (Å²) in [4.78, 5) is 13.0. The minimum Gasteiger partial charge on any atom is -0.364 e. The van der Waals surface area contributed by atoms with Gasteiger partial charge in [-0.25, -0.2) is 9.97 Å². The molecule has 25 heavy (non-hydrogen) atoms. The Morgan fingerprint density at radius 1 is 0.840 bits per heavy atom. The molecule has 5 nitrogen and oxygen atoms in total. The van der Waals surface area contributed by atoms with Crippen LogP contribution in [0.25, 0.3) is 0 Å². The maximum absolute atomic E-state index is 4.36. The number of hydrogen-bond donors (Lipinski definition) is 2. The van der Waals surface area contributed by atoms with E-state index < -0.39 is 0 Å². The molecule has 3 rings (SSSR count). The van der Waals surface area contributed by atoms with Gasteiger partial charge in [0.15, 0.2) is 0 Å². The van der Waals surface area contributed by atoms with Gasteiger partial charge in [0.25, 0.3) is 0 Å². The molecule has 0 unspecified atom stereocenters. The van der Waals surface area contributed by atoms with E-state index in [1.807, 2.05) is 24.3 Å². The zero-order valence-corrected chi connectivity index (χ0v) is 14.7. The molecule has 0 aliphatic carbocycles. The number of para-hydroxylation sites is 1. The minimum absolute atomic E-state index is 0.628. The Morgan fingerprint density at radius 2 is 1.60 bits per heavy atom. The Balaban J connectivity index is 1.76. The van der Waals surface area contributed by atoms with Crippen LogP contribution in [-0.4, -0.2) is 15.0 Å². The summed E-state index contributed by atoms with van der Waals surface area (Å²) in [5.74, 6) is 1.56. The Morgan fingerprint density at radius 3 is 2.28 bits per heavy atom. The zero-order valence-electron chi connectivity index (χ0n) is 14.7. The first-order valence-electron chi connectivity index (χ1n) is 8.63. The van der Waals surface area contributed by atoms with E-state index in [0.29, 0.717) is 6.54 Å². The summed E-state index contributed by atoms with van der Waals surface area (Å²) in [6, 6.07) is 14.2. The lowest BCUT2D eigenvalue weighted by Gasteiger charge is -2.15. The van der Waals surface area contributed by atoms with Gasteiger partial charge in [-0.3, -0.25) is 4.98 Å². The molecule has 1 aromatic carbocycles. The second kappa shape index (κ2) is 8.24. The van der Waals surface area contributed by atoms with Gasteiger partial charge in [0.05, 0.1) is 12.2 Å². The number of benzene rings is 1. The van der Waals surface area contributed by atoms with Gasteiger partial charge in [-0.1, -0.05) is 38.1 Å². The zero-order chi connectivity index (χ0) is 17.5. The molecule has 2 N–H and O–H groups in total. The molecule has 0 fully saturated rings. The van der Waals surface area contributed by atoms with Crippen molar-refractivity contribution in [1.82, 2.24) is 15.0 Å². The SMILES string of the molecule is CCc1cccc(CC)c1Nc1cc(NCc2ccccn2)ncn1. The molecule has 5 heteroatoms. The predicted molar refractivity (Wildman–Crippen MR) is 102 cm³/mol. The predicted octanol–water partition coefficient (Wildman–Crippen LogP) is 4.35. The monoisotopic (exact) mass is 333 g/mol. The molecule has 0 atom stereocenters. The highest BCUT2D eigenvalue weighted by Crippen LogP contribution is 2.26. The van der Waals surface area contributed by atoms with Crippen LogP contribution in [0.4, 0.5) is 17.3 Å². The van der Waals surface area contributed by atoms with Gasteiger partial charge in [-0.05, 0) is 36.1 Å². The first-order valence-corrected chi connectivity index (χ1v) is 8.63. The van der Waals surface area contributed by atoms with Gasteiger partial charge in [0.1, 0.15) is 18.0 Å². The van der Waals surface area contributed by atoms with E-state index >= 15 is 0 Å². The third-order valence-electron chi connectivity index (χ3n) is 4.10. The molecular weight excluding hydrogens is 310 g/mol. The number of hydrogen-bond acceptors (Lipinski definition) is 5. The maximum Gasteiger partial charge on any atom is 0.135 e. The smallest absolute Gasteiger partial charge is 0.135 e. The Hall–Kier alpha value is -2.95. The van der Waals surface area contributed by atoms with E-state index in [-0.39, 0.29) is 0 Å². The summed E-state index contributed by atoms with van der Waals surface area (Å²) in [6.07, 6.45) is 5.32. The second-order valence-electron chi connectivity index (χ2n) is 5.75. The van der Waals surface area contributed by atoms with E-state index in [1.165, 1.54) is 11.1 Å². The fourth-order valence-electron chi connectivity index (χ4n) is 2.74. The molecule has 0 bridgehead atoms. The molecule has 0 spiro atoms. The summed E-state index contributed by atoms with van der Waals surface area (Å²) >= 11 is 0. The van der Waals surface area contributed by atoms with Crippen molar-refractivity contribution >= 4 is 17.3 Å². The number of pyridine rings is 1. The Kier molecular flexibility index (Phi) is 5.57. The summed E-state index contributed by atoms with van der Waals surface area (Å²) < 4.78 is 0. The van der Waals surface area contributed by atoms with E-state index in [1.54, 1.807) is 12.5 Å². The molecule has 0 aliphatic rings. The van der Waals surface area contributed by atoms with Crippen molar-refractivity contribution in [3.63, 3.8) is 0 Å². The molecule has 0 saturated carbocycles. The highest BCUT2D eigenvalue weighted by Gasteiger charge is 2.08. The highest BCUT2D eigenvalue weighted by molar-refractivity contribution is 5.66. The number of nitrogens with one attached hydrogen (secondary N) is 2. The van der Waals surface area contributed by atoms with Gasteiger partial charge in [-0.15, -0.1) is 0 Å². The number of rotatable bonds is 7. The van der Waals surface area contributed by atoms with Crippen LogP contribution in [0.3, 0.4) is 0 Å². The topological polar surface area (TPSA) is 62.7 Å². The number of aryl methyl sites for hydroxylation is 2. The van der Waals surface area contributed by atoms with Crippen molar-refractivity contribution < 1.29 is 0 Å². The van der Waals surface area contributed by atoms with Crippen molar-refractivity contribution in [2.45, 2.75) is 33.2 Å². The fourth-order valence-corrected chi connectivity index (χ4v) is 2.74. The van der Waals surface area contributed by atoms with Crippen LogP contribution in [0, 0.1) is 0 Å². The average molecular weight is 333 g/mol. The van der Waals surface area contributed by atoms with Crippen molar-refractivity contribution in [3.05, 3.63) is 71.8 Å². The normalized spacial score (nSPS) is 10.5. The second-order valence-corrected chi connectivity index (χ2v) is 5.75. The summed E-state index contributed by atoms with van der Waals surface area (Å²) in [5, 5.41) is 6.77. The van der Waals surface area contributed by atoms with Gasteiger partial charge >= 0.3 is 0 Å². The molecule has 0 radical (unpaired) electrons. The average Bonchev–Trinajstić information content (AvgIpc) is 2.67. The van der Waals surface area contributed by atoms with Crippen LogP contribution >= 0.6 is 0 Å². The van der Waals surface area contributed by atoms with E-state index in [2.05, 4.69) is 57.6 Å². The molecule has 0 amide bonds. The summed E-state index contributed by atoms with van der Waals surface area (Å²) in [6.45, 7) is 4.96. The molecular formula is C20H23N5. The first-order chi connectivity index (χ1) is 12.3. The molecule has 0 aliphatic heterocycles. The lowest BCUT2D eigenvalue weighted by atomic mass is 10.0. The van der Waals surface area contributed by atoms with E-state index in [9.17, 15) is 0 Å². The summed E-state index contributed by atoms with van der Waals surface area (Å²) in [7, 11) is 0. The van der Waals surface area contributed by atoms with Crippen LogP contribution in [0.2, 0.25) is 0 Å². The van der Waals surface area contributed by atoms with Crippen LogP contribution in [0.1, 0.15) is 30.7 Å². The number of anilines is 3. The van der Waals surface area contributed by atoms with E-state index in [4.69, 9.17) is 0 Å².